The second-order valence-electron chi connectivity index (χ2n) is 9.68. The van der Waals surface area contributed by atoms with E-state index in [1.165, 1.54) is 17.7 Å². The number of halogens is 1. The third-order valence-corrected chi connectivity index (χ3v) is 7.28. The van der Waals surface area contributed by atoms with E-state index in [9.17, 15) is 9.18 Å². The van der Waals surface area contributed by atoms with E-state index < -0.39 is 0 Å². The molecule has 5 rings (SSSR count). The summed E-state index contributed by atoms with van der Waals surface area (Å²) in [5.74, 6) is 0.476. The molecule has 0 radical (unpaired) electrons. The molecule has 186 valence electrons. The maximum atomic E-state index is 13.4. The standard InChI is InChI=1S/C29H31FN4O2/c30-24-7-9-26(10-8-24)36-27-13-18-33(19-14-27)29(35)28-2-1-15-34(28)25-11-16-32(17-12-25)21-23-5-3-22(20-31)4-6-23/h1-10,15,25,27H,11-14,16-19,21H2. The van der Waals surface area contributed by atoms with Gasteiger partial charge in [-0.1, -0.05) is 12.1 Å². The van der Waals surface area contributed by atoms with E-state index in [0.29, 0.717) is 30.4 Å². The minimum Gasteiger partial charge on any atom is -0.490 e. The van der Waals surface area contributed by atoms with E-state index >= 15 is 0 Å². The van der Waals surface area contributed by atoms with Crippen molar-refractivity contribution in [1.29, 1.82) is 5.26 Å². The summed E-state index contributed by atoms with van der Waals surface area (Å²) in [4.78, 5) is 17.7. The first-order chi connectivity index (χ1) is 17.6. The van der Waals surface area contributed by atoms with Crippen LogP contribution in [-0.2, 0) is 6.54 Å². The molecule has 0 spiro atoms. The number of benzene rings is 2. The van der Waals surface area contributed by atoms with Crippen LogP contribution in [0.25, 0.3) is 0 Å². The molecule has 3 heterocycles. The Morgan fingerprint density at radius 2 is 1.64 bits per heavy atom. The van der Waals surface area contributed by atoms with Gasteiger partial charge in [0.2, 0.25) is 0 Å². The lowest BCUT2D eigenvalue weighted by atomic mass is 10.0. The molecule has 2 aromatic carbocycles. The quantitative estimate of drug-likeness (QED) is 0.491. The van der Waals surface area contributed by atoms with Gasteiger partial charge in [0.1, 0.15) is 23.4 Å². The van der Waals surface area contributed by atoms with E-state index in [1.54, 1.807) is 12.1 Å². The number of hydrogen-bond donors (Lipinski definition) is 0. The molecule has 2 aliphatic heterocycles. The molecule has 0 N–H and O–H groups in total. The molecule has 2 saturated heterocycles. The summed E-state index contributed by atoms with van der Waals surface area (Å²) in [5.41, 5.74) is 2.67. The molecule has 0 bridgehead atoms. The van der Waals surface area contributed by atoms with Gasteiger partial charge in [0.15, 0.2) is 0 Å². The van der Waals surface area contributed by atoms with Gasteiger partial charge in [0, 0.05) is 57.8 Å². The molecule has 0 unspecified atom stereocenters. The lowest BCUT2D eigenvalue weighted by Gasteiger charge is -2.35. The van der Waals surface area contributed by atoms with Crippen molar-refractivity contribution < 1.29 is 13.9 Å². The van der Waals surface area contributed by atoms with Crippen LogP contribution in [0.15, 0.2) is 66.9 Å². The smallest absolute Gasteiger partial charge is 0.270 e. The van der Waals surface area contributed by atoms with Gasteiger partial charge >= 0.3 is 0 Å². The largest absolute Gasteiger partial charge is 0.490 e. The van der Waals surface area contributed by atoms with Crippen LogP contribution in [0.1, 0.15) is 53.3 Å². The number of nitriles is 1. The maximum absolute atomic E-state index is 13.4. The second-order valence-corrected chi connectivity index (χ2v) is 9.68. The van der Waals surface area contributed by atoms with Crippen LogP contribution in [0, 0.1) is 17.1 Å². The highest BCUT2D eigenvalue weighted by molar-refractivity contribution is 5.93. The Hall–Kier alpha value is -3.63. The number of carbonyl (C=O) groups is 1. The van der Waals surface area contributed by atoms with Crippen LogP contribution in [-0.4, -0.2) is 52.6 Å². The average Bonchev–Trinajstić information content (AvgIpc) is 3.41. The van der Waals surface area contributed by atoms with E-state index in [0.717, 1.165) is 51.0 Å². The maximum Gasteiger partial charge on any atom is 0.270 e. The summed E-state index contributed by atoms with van der Waals surface area (Å²) in [7, 11) is 0. The van der Waals surface area contributed by atoms with Crippen molar-refractivity contribution >= 4 is 5.91 Å². The molecular weight excluding hydrogens is 455 g/mol. The number of likely N-dealkylation sites (tertiary alicyclic amines) is 2. The average molecular weight is 487 g/mol. The van der Waals surface area contributed by atoms with Gasteiger partial charge < -0.3 is 14.2 Å². The summed E-state index contributed by atoms with van der Waals surface area (Å²) in [6, 6.07) is 20.3. The number of nitrogens with zero attached hydrogens (tertiary/aromatic N) is 4. The molecule has 36 heavy (non-hydrogen) atoms. The summed E-state index contributed by atoms with van der Waals surface area (Å²) < 4.78 is 21.3. The molecule has 2 aliphatic rings. The van der Waals surface area contributed by atoms with E-state index in [1.807, 2.05) is 47.5 Å². The first-order valence-electron chi connectivity index (χ1n) is 12.7. The van der Waals surface area contributed by atoms with E-state index in [2.05, 4.69) is 15.5 Å². The third kappa shape index (κ3) is 5.60. The summed E-state index contributed by atoms with van der Waals surface area (Å²) >= 11 is 0. The van der Waals surface area contributed by atoms with Crippen LogP contribution in [0.3, 0.4) is 0 Å². The molecule has 0 atom stereocenters. The van der Waals surface area contributed by atoms with Gasteiger partial charge in [0.25, 0.3) is 5.91 Å². The first-order valence-corrected chi connectivity index (χ1v) is 12.7. The number of hydrogen-bond acceptors (Lipinski definition) is 4. The van der Waals surface area contributed by atoms with Gasteiger partial charge in [0.05, 0.1) is 11.6 Å². The minimum absolute atomic E-state index is 0.0340. The van der Waals surface area contributed by atoms with Crippen molar-refractivity contribution in [2.45, 2.75) is 44.4 Å². The highest BCUT2D eigenvalue weighted by atomic mass is 19.1. The van der Waals surface area contributed by atoms with Crippen LogP contribution < -0.4 is 4.74 Å². The molecule has 7 heteroatoms. The van der Waals surface area contributed by atoms with Crippen LogP contribution in [0.5, 0.6) is 5.75 Å². The number of rotatable bonds is 6. The molecule has 3 aromatic rings. The van der Waals surface area contributed by atoms with Crippen molar-refractivity contribution in [1.82, 2.24) is 14.4 Å². The minimum atomic E-state index is -0.275. The van der Waals surface area contributed by atoms with Gasteiger partial charge in [-0.25, -0.2) is 4.39 Å². The predicted octanol–water partition coefficient (Wildman–Crippen LogP) is 5.02. The van der Waals surface area contributed by atoms with Gasteiger partial charge in [-0.2, -0.15) is 5.26 Å². The van der Waals surface area contributed by atoms with E-state index in [-0.39, 0.29) is 17.8 Å². The summed E-state index contributed by atoms with van der Waals surface area (Å²) in [6.45, 7) is 4.13. The zero-order valence-corrected chi connectivity index (χ0v) is 20.4. The number of carbonyl (C=O) groups excluding carboxylic acids is 1. The Morgan fingerprint density at radius 1 is 0.944 bits per heavy atom. The van der Waals surface area contributed by atoms with Crippen molar-refractivity contribution in [3.05, 3.63) is 89.5 Å². The Labute approximate surface area is 211 Å². The number of aromatic nitrogens is 1. The van der Waals surface area contributed by atoms with Crippen molar-refractivity contribution in [3.8, 4) is 11.8 Å². The van der Waals surface area contributed by atoms with E-state index in [4.69, 9.17) is 10.00 Å². The fourth-order valence-corrected chi connectivity index (χ4v) is 5.24. The predicted molar refractivity (Wildman–Crippen MR) is 135 cm³/mol. The number of amides is 1. The molecule has 2 fully saturated rings. The fourth-order valence-electron chi connectivity index (χ4n) is 5.24. The normalized spacial score (nSPS) is 17.6. The van der Waals surface area contributed by atoms with Crippen molar-refractivity contribution in [2.75, 3.05) is 26.2 Å². The molecular formula is C29H31FN4O2. The third-order valence-electron chi connectivity index (χ3n) is 7.28. The van der Waals surface area contributed by atoms with Crippen LogP contribution >= 0.6 is 0 Å². The Bertz CT molecular complexity index is 1200. The van der Waals surface area contributed by atoms with Gasteiger partial charge in [-0.05, 0) is 66.9 Å². The van der Waals surface area contributed by atoms with Crippen molar-refractivity contribution in [2.24, 2.45) is 0 Å². The first kappa shape index (κ1) is 24.1. The Kier molecular flexibility index (Phi) is 7.33. The van der Waals surface area contributed by atoms with Gasteiger partial charge in [-0.3, -0.25) is 9.69 Å². The summed E-state index contributed by atoms with van der Waals surface area (Å²) in [6.07, 6.45) is 5.59. The monoisotopic (exact) mass is 486 g/mol. The topological polar surface area (TPSA) is 61.5 Å². The second kappa shape index (κ2) is 11.0. The highest BCUT2D eigenvalue weighted by Crippen LogP contribution is 2.27. The lowest BCUT2D eigenvalue weighted by molar-refractivity contribution is 0.0580. The Balaban J connectivity index is 1.13. The van der Waals surface area contributed by atoms with Crippen LogP contribution in [0.4, 0.5) is 4.39 Å². The van der Waals surface area contributed by atoms with Crippen LogP contribution in [0.2, 0.25) is 0 Å². The highest BCUT2D eigenvalue weighted by Gasteiger charge is 2.29. The number of ether oxygens (including phenoxy) is 1. The fraction of sp³-hybridized carbons (Fsp3) is 0.379. The van der Waals surface area contributed by atoms with Crippen molar-refractivity contribution in [3.63, 3.8) is 0 Å². The Morgan fingerprint density at radius 3 is 2.31 bits per heavy atom. The SMILES string of the molecule is N#Cc1ccc(CN2CCC(n3cccc3C(=O)N3CCC(Oc4ccc(F)cc4)CC3)CC2)cc1. The lowest BCUT2D eigenvalue weighted by Crippen LogP contribution is -2.43. The molecule has 1 amide bonds. The zero-order chi connectivity index (χ0) is 24.9. The molecule has 1 aromatic heterocycles. The summed E-state index contributed by atoms with van der Waals surface area (Å²) in [5, 5.41) is 8.98. The molecule has 0 saturated carbocycles. The van der Waals surface area contributed by atoms with Gasteiger partial charge in [-0.15, -0.1) is 0 Å². The zero-order valence-electron chi connectivity index (χ0n) is 20.4. The molecule has 6 nitrogen and oxygen atoms in total. The number of piperidine rings is 2. The molecule has 0 aliphatic carbocycles.